The molecule has 1 saturated carbocycles. The maximum atomic E-state index is 6.12. The van der Waals surface area contributed by atoms with E-state index < -0.39 is 0 Å². The van der Waals surface area contributed by atoms with E-state index >= 15 is 0 Å². The van der Waals surface area contributed by atoms with Gasteiger partial charge in [0.25, 0.3) is 0 Å². The van der Waals surface area contributed by atoms with Crippen molar-refractivity contribution in [3.8, 4) is 5.69 Å². The predicted octanol–water partition coefficient (Wildman–Crippen LogP) is 1.88. The largest absolute Gasteiger partial charge is 0.307 e. The molecule has 5 nitrogen and oxygen atoms in total. The number of nitrogens with zero attached hydrogens (tertiary/aromatic N) is 4. The molecular weight excluding hydrogens is 250 g/mol. The topological polar surface area (TPSA) is 55.6 Å². The van der Waals surface area contributed by atoms with Crippen LogP contribution in [0.15, 0.2) is 18.2 Å². The molecule has 1 aromatic carbocycles. The third kappa shape index (κ3) is 2.37. The fourth-order valence-corrected chi connectivity index (χ4v) is 1.93. The number of tetrazole rings is 1. The number of aryl methyl sites for hydroxylation is 1. The second-order valence-corrected chi connectivity index (χ2v) is 5.00. The highest BCUT2D eigenvalue weighted by Crippen LogP contribution is 2.21. The summed E-state index contributed by atoms with van der Waals surface area (Å²) in [4.78, 5) is 0. The Balaban J connectivity index is 1.85. The van der Waals surface area contributed by atoms with Gasteiger partial charge in [-0.3, -0.25) is 0 Å². The van der Waals surface area contributed by atoms with Crippen LogP contribution < -0.4 is 5.32 Å². The molecule has 6 heteroatoms. The molecule has 1 N–H and O–H groups in total. The molecule has 0 radical (unpaired) electrons. The van der Waals surface area contributed by atoms with Crippen molar-refractivity contribution in [2.45, 2.75) is 32.4 Å². The van der Waals surface area contributed by atoms with Gasteiger partial charge in [-0.15, -0.1) is 5.10 Å². The Morgan fingerprint density at radius 3 is 3.00 bits per heavy atom. The van der Waals surface area contributed by atoms with Crippen molar-refractivity contribution < 1.29 is 0 Å². The molecule has 0 spiro atoms. The molecule has 3 rings (SSSR count). The van der Waals surface area contributed by atoms with E-state index in [4.69, 9.17) is 11.6 Å². The molecule has 0 unspecified atom stereocenters. The van der Waals surface area contributed by atoms with Crippen molar-refractivity contribution in [3.05, 3.63) is 34.6 Å². The maximum Gasteiger partial charge on any atom is 0.170 e. The third-order valence-electron chi connectivity index (χ3n) is 3.06. The maximum absolute atomic E-state index is 6.12. The summed E-state index contributed by atoms with van der Waals surface area (Å²) in [5, 5.41) is 15.9. The summed E-state index contributed by atoms with van der Waals surface area (Å²) >= 11 is 6.12. The van der Waals surface area contributed by atoms with Gasteiger partial charge in [-0.25, -0.2) is 0 Å². The molecule has 1 aliphatic rings. The van der Waals surface area contributed by atoms with Crippen LogP contribution >= 0.6 is 11.6 Å². The van der Waals surface area contributed by atoms with Gasteiger partial charge in [-0.2, -0.15) is 4.68 Å². The predicted molar refractivity (Wildman–Crippen MR) is 68.8 cm³/mol. The Kier molecular flexibility index (Phi) is 3.01. The van der Waals surface area contributed by atoms with Crippen LogP contribution in [0.1, 0.15) is 24.2 Å². The van der Waals surface area contributed by atoms with Gasteiger partial charge >= 0.3 is 0 Å². The Morgan fingerprint density at radius 1 is 1.44 bits per heavy atom. The van der Waals surface area contributed by atoms with Crippen LogP contribution in [0.2, 0.25) is 5.02 Å². The Morgan fingerprint density at radius 2 is 2.28 bits per heavy atom. The number of aromatic nitrogens is 4. The fourth-order valence-electron chi connectivity index (χ4n) is 1.75. The van der Waals surface area contributed by atoms with E-state index in [1.165, 1.54) is 12.8 Å². The summed E-state index contributed by atoms with van der Waals surface area (Å²) in [6.07, 6.45) is 2.50. The average molecular weight is 264 g/mol. The van der Waals surface area contributed by atoms with Crippen LogP contribution in [0.4, 0.5) is 0 Å². The quantitative estimate of drug-likeness (QED) is 0.915. The van der Waals surface area contributed by atoms with E-state index in [0.717, 1.165) is 22.1 Å². The van der Waals surface area contributed by atoms with E-state index in [2.05, 4.69) is 20.8 Å². The number of halogens is 1. The highest BCUT2D eigenvalue weighted by Gasteiger charge is 2.21. The van der Waals surface area contributed by atoms with E-state index in [-0.39, 0.29) is 0 Å². The molecule has 1 fully saturated rings. The lowest BCUT2D eigenvalue weighted by atomic mass is 10.2. The monoisotopic (exact) mass is 263 g/mol. The lowest BCUT2D eigenvalue weighted by Gasteiger charge is -2.06. The molecular formula is C12H14ClN5. The Labute approximate surface area is 110 Å². The molecule has 0 atom stereocenters. The lowest BCUT2D eigenvalue weighted by Crippen LogP contribution is -2.18. The second-order valence-electron chi connectivity index (χ2n) is 4.60. The minimum atomic E-state index is 0.636. The molecule has 94 valence electrons. The first-order valence-corrected chi connectivity index (χ1v) is 6.39. The van der Waals surface area contributed by atoms with Gasteiger partial charge in [0.1, 0.15) is 0 Å². The summed E-state index contributed by atoms with van der Waals surface area (Å²) in [6.45, 7) is 2.66. The average Bonchev–Trinajstić information content (AvgIpc) is 3.08. The second kappa shape index (κ2) is 4.66. The number of hydrogen-bond donors (Lipinski definition) is 1. The van der Waals surface area contributed by atoms with Crippen LogP contribution in [0, 0.1) is 6.92 Å². The molecule has 1 aliphatic carbocycles. The molecule has 18 heavy (non-hydrogen) atoms. The minimum Gasteiger partial charge on any atom is -0.307 e. The van der Waals surface area contributed by atoms with E-state index in [9.17, 15) is 0 Å². The van der Waals surface area contributed by atoms with E-state index in [0.29, 0.717) is 12.6 Å². The number of hydrogen-bond acceptors (Lipinski definition) is 4. The normalized spacial score (nSPS) is 15.0. The van der Waals surface area contributed by atoms with Gasteiger partial charge in [0, 0.05) is 11.1 Å². The highest BCUT2D eigenvalue weighted by molar-refractivity contribution is 6.31. The highest BCUT2D eigenvalue weighted by atomic mass is 35.5. The molecule has 1 aromatic heterocycles. The van der Waals surface area contributed by atoms with Crippen LogP contribution in [0.3, 0.4) is 0 Å². The summed E-state index contributed by atoms with van der Waals surface area (Å²) in [6, 6.07) is 6.46. The summed E-state index contributed by atoms with van der Waals surface area (Å²) < 4.78 is 1.72. The minimum absolute atomic E-state index is 0.636. The first-order chi connectivity index (χ1) is 8.74. The Hall–Kier alpha value is -1.46. The van der Waals surface area contributed by atoms with Crippen LogP contribution in [-0.4, -0.2) is 26.2 Å². The molecule has 1 heterocycles. The van der Waals surface area contributed by atoms with Crippen molar-refractivity contribution in [3.63, 3.8) is 0 Å². The lowest BCUT2D eigenvalue weighted by molar-refractivity contribution is 0.637. The van der Waals surface area contributed by atoms with Crippen molar-refractivity contribution in [2.24, 2.45) is 0 Å². The van der Waals surface area contributed by atoms with Crippen molar-refractivity contribution >= 4 is 11.6 Å². The van der Waals surface area contributed by atoms with Gasteiger partial charge in [0.05, 0.1) is 12.2 Å². The smallest absolute Gasteiger partial charge is 0.170 e. The molecule has 2 aromatic rings. The van der Waals surface area contributed by atoms with Gasteiger partial charge in [-0.05, 0) is 47.9 Å². The SMILES string of the molecule is Cc1ccc(-n2nnnc2CNC2CC2)cc1Cl. The summed E-state index contributed by atoms with van der Waals surface area (Å²) in [5.74, 6) is 0.807. The van der Waals surface area contributed by atoms with Crippen molar-refractivity contribution in [1.29, 1.82) is 0 Å². The van der Waals surface area contributed by atoms with Gasteiger partial charge < -0.3 is 5.32 Å². The van der Waals surface area contributed by atoms with E-state index in [1.54, 1.807) is 4.68 Å². The summed E-state index contributed by atoms with van der Waals surface area (Å²) in [7, 11) is 0. The van der Waals surface area contributed by atoms with Gasteiger partial charge in [0.15, 0.2) is 5.82 Å². The zero-order valence-corrected chi connectivity index (χ0v) is 10.9. The van der Waals surface area contributed by atoms with Crippen LogP contribution in [0.25, 0.3) is 5.69 Å². The standard InChI is InChI=1S/C12H14ClN5/c1-8-2-5-10(6-11(8)13)18-12(15-16-17-18)7-14-9-3-4-9/h2,5-6,9,14H,3-4,7H2,1H3. The fraction of sp³-hybridized carbons (Fsp3) is 0.417. The van der Waals surface area contributed by atoms with Crippen LogP contribution in [0.5, 0.6) is 0 Å². The zero-order chi connectivity index (χ0) is 12.5. The molecule has 0 amide bonds. The number of nitrogens with one attached hydrogen (secondary N) is 1. The molecule has 0 bridgehead atoms. The molecule has 0 aliphatic heterocycles. The first-order valence-electron chi connectivity index (χ1n) is 6.01. The zero-order valence-electron chi connectivity index (χ0n) is 10.1. The first kappa shape index (κ1) is 11.6. The van der Waals surface area contributed by atoms with Crippen molar-refractivity contribution in [2.75, 3.05) is 0 Å². The van der Waals surface area contributed by atoms with E-state index in [1.807, 2.05) is 25.1 Å². The Bertz CT molecular complexity index is 561. The third-order valence-corrected chi connectivity index (χ3v) is 3.47. The number of benzene rings is 1. The van der Waals surface area contributed by atoms with Crippen molar-refractivity contribution in [1.82, 2.24) is 25.5 Å². The number of rotatable bonds is 4. The summed E-state index contributed by atoms with van der Waals surface area (Å²) in [5.41, 5.74) is 1.94. The molecule has 0 saturated heterocycles. The van der Waals surface area contributed by atoms with Gasteiger partial charge in [0.2, 0.25) is 0 Å². The van der Waals surface area contributed by atoms with Gasteiger partial charge in [-0.1, -0.05) is 17.7 Å². The van der Waals surface area contributed by atoms with Crippen LogP contribution in [-0.2, 0) is 6.54 Å².